The minimum atomic E-state index is -0.228. The summed E-state index contributed by atoms with van der Waals surface area (Å²) >= 11 is 0. The van der Waals surface area contributed by atoms with Crippen LogP contribution in [0.4, 0.5) is 0 Å². The maximum atomic E-state index is 11.3. The van der Waals surface area contributed by atoms with Crippen molar-refractivity contribution in [1.82, 2.24) is 0 Å². The predicted molar refractivity (Wildman–Crippen MR) is 76.7 cm³/mol. The molecule has 1 aliphatic rings. The van der Waals surface area contributed by atoms with Crippen LogP contribution in [0.15, 0.2) is 30.3 Å². The Balaban J connectivity index is 0.000000861. The lowest BCUT2D eigenvalue weighted by atomic mass is 10.0. The van der Waals surface area contributed by atoms with Gasteiger partial charge in [-0.25, -0.2) is 0 Å². The van der Waals surface area contributed by atoms with E-state index in [0.29, 0.717) is 0 Å². The molecule has 0 saturated carbocycles. The summed E-state index contributed by atoms with van der Waals surface area (Å²) in [6.07, 6.45) is 4.46. The summed E-state index contributed by atoms with van der Waals surface area (Å²) in [4.78, 5) is 11.3. The fourth-order valence-electron chi connectivity index (χ4n) is 1.89. The van der Waals surface area contributed by atoms with Crippen LogP contribution in [-0.2, 0) is 20.7 Å². The van der Waals surface area contributed by atoms with Crippen molar-refractivity contribution < 1.29 is 14.3 Å². The van der Waals surface area contributed by atoms with Gasteiger partial charge in [0.05, 0.1) is 20.1 Å². The van der Waals surface area contributed by atoms with E-state index < -0.39 is 0 Å². The number of allylic oxidation sites excluding steroid dienone is 1. The van der Waals surface area contributed by atoms with E-state index in [2.05, 4.69) is 6.08 Å². The number of benzene rings is 1. The van der Waals surface area contributed by atoms with E-state index in [-0.39, 0.29) is 12.4 Å². The molecule has 0 radical (unpaired) electrons. The van der Waals surface area contributed by atoms with Gasteiger partial charge in [0.2, 0.25) is 0 Å². The summed E-state index contributed by atoms with van der Waals surface area (Å²) in [5, 5.41) is 0. The van der Waals surface area contributed by atoms with Crippen molar-refractivity contribution in [3.05, 3.63) is 41.5 Å². The lowest BCUT2D eigenvalue weighted by Crippen LogP contribution is -2.08. The van der Waals surface area contributed by atoms with Crippen molar-refractivity contribution in [3.63, 3.8) is 0 Å². The summed E-state index contributed by atoms with van der Waals surface area (Å²) < 4.78 is 10.3. The first-order valence-electron chi connectivity index (χ1n) is 6.79. The lowest BCUT2D eigenvalue weighted by molar-refractivity contribution is -0.139. The Morgan fingerprint density at radius 1 is 1.32 bits per heavy atom. The Morgan fingerprint density at radius 3 is 2.68 bits per heavy atom. The summed E-state index contributed by atoms with van der Waals surface area (Å²) in [7, 11) is 1.40. The minimum absolute atomic E-state index is 0.228. The fourth-order valence-corrected chi connectivity index (χ4v) is 1.89. The number of esters is 1. The average molecular weight is 262 g/mol. The van der Waals surface area contributed by atoms with Crippen LogP contribution in [0, 0.1) is 0 Å². The number of methoxy groups -OCH3 is 1. The molecule has 0 N–H and O–H groups in total. The second-order valence-electron chi connectivity index (χ2n) is 3.97. The highest BCUT2D eigenvalue weighted by Gasteiger charge is 2.13. The van der Waals surface area contributed by atoms with Crippen LogP contribution >= 0.6 is 0 Å². The molecule has 3 heteroatoms. The molecule has 0 atom stereocenters. The smallest absolute Gasteiger partial charge is 0.310 e. The zero-order valence-corrected chi connectivity index (χ0v) is 11.9. The first kappa shape index (κ1) is 15.3. The van der Waals surface area contributed by atoms with Crippen LogP contribution in [0.25, 0.3) is 5.76 Å². The quantitative estimate of drug-likeness (QED) is 0.781. The molecule has 1 aromatic carbocycles. The van der Waals surface area contributed by atoms with Crippen LogP contribution in [0.3, 0.4) is 0 Å². The standard InChI is InChI=1S/C14H16O3.C2H6/c1-16-14(15)10-11-6-2-3-7-12(11)13-8-4-5-9-17-13;1-2/h2-3,6-8H,4-5,9-10H2,1H3;1-2H3. The molecule has 3 nitrogen and oxygen atoms in total. The molecule has 0 bridgehead atoms. The molecule has 104 valence electrons. The topological polar surface area (TPSA) is 35.5 Å². The second-order valence-corrected chi connectivity index (χ2v) is 3.97. The zero-order chi connectivity index (χ0) is 14.1. The van der Waals surface area contributed by atoms with Crippen LogP contribution in [0.5, 0.6) is 0 Å². The molecular formula is C16H22O3. The van der Waals surface area contributed by atoms with Crippen molar-refractivity contribution >= 4 is 11.7 Å². The van der Waals surface area contributed by atoms with Crippen molar-refractivity contribution in [1.29, 1.82) is 0 Å². The Labute approximate surface area is 115 Å². The lowest BCUT2D eigenvalue weighted by Gasteiger charge is -2.17. The first-order chi connectivity index (χ1) is 9.31. The summed E-state index contributed by atoms with van der Waals surface area (Å²) in [5.74, 6) is 0.657. The molecule has 0 fully saturated rings. The van der Waals surface area contributed by atoms with Gasteiger partial charge in [-0.15, -0.1) is 0 Å². The van der Waals surface area contributed by atoms with Gasteiger partial charge in [-0.05, 0) is 24.5 Å². The number of hydrogen-bond acceptors (Lipinski definition) is 3. The third kappa shape index (κ3) is 4.43. The summed E-state index contributed by atoms with van der Waals surface area (Å²) in [6.45, 7) is 4.75. The van der Waals surface area contributed by atoms with E-state index in [4.69, 9.17) is 9.47 Å². The Bertz CT molecular complexity index is 435. The molecule has 0 aliphatic carbocycles. The van der Waals surface area contributed by atoms with Gasteiger partial charge < -0.3 is 9.47 Å². The maximum absolute atomic E-state index is 11.3. The van der Waals surface area contributed by atoms with Crippen molar-refractivity contribution in [2.24, 2.45) is 0 Å². The van der Waals surface area contributed by atoms with E-state index in [1.54, 1.807) is 0 Å². The Hall–Kier alpha value is -1.77. The van der Waals surface area contributed by atoms with Gasteiger partial charge >= 0.3 is 5.97 Å². The summed E-state index contributed by atoms with van der Waals surface area (Å²) in [6, 6.07) is 7.79. The molecule has 1 aromatic rings. The molecule has 1 aliphatic heterocycles. The number of carbonyl (C=O) groups excluding carboxylic acids is 1. The van der Waals surface area contributed by atoms with Crippen LogP contribution in [-0.4, -0.2) is 19.7 Å². The van der Waals surface area contributed by atoms with Crippen molar-refractivity contribution in [2.45, 2.75) is 33.1 Å². The number of rotatable bonds is 3. The number of hydrogen-bond donors (Lipinski definition) is 0. The maximum Gasteiger partial charge on any atom is 0.310 e. The highest BCUT2D eigenvalue weighted by Crippen LogP contribution is 2.25. The van der Waals surface area contributed by atoms with Gasteiger partial charge in [-0.3, -0.25) is 4.79 Å². The molecule has 2 rings (SSSR count). The van der Waals surface area contributed by atoms with E-state index in [1.165, 1.54) is 7.11 Å². The van der Waals surface area contributed by atoms with Crippen LogP contribution < -0.4 is 0 Å². The molecule has 1 heterocycles. The van der Waals surface area contributed by atoms with Gasteiger partial charge in [0, 0.05) is 5.56 Å². The van der Waals surface area contributed by atoms with Crippen molar-refractivity contribution in [3.8, 4) is 0 Å². The van der Waals surface area contributed by atoms with E-state index in [0.717, 1.165) is 36.3 Å². The fraction of sp³-hybridized carbons (Fsp3) is 0.438. The van der Waals surface area contributed by atoms with Crippen LogP contribution in [0.1, 0.15) is 37.8 Å². The van der Waals surface area contributed by atoms with E-state index in [1.807, 2.05) is 38.1 Å². The molecule has 0 spiro atoms. The molecule has 0 aromatic heterocycles. The first-order valence-corrected chi connectivity index (χ1v) is 6.79. The number of ether oxygens (including phenoxy) is 2. The van der Waals surface area contributed by atoms with E-state index in [9.17, 15) is 4.79 Å². The third-order valence-electron chi connectivity index (χ3n) is 2.78. The van der Waals surface area contributed by atoms with Gasteiger partial charge in [0.1, 0.15) is 5.76 Å². The molecule has 19 heavy (non-hydrogen) atoms. The zero-order valence-electron chi connectivity index (χ0n) is 11.9. The monoisotopic (exact) mass is 262 g/mol. The Kier molecular flexibility index (Phi) is 6.72. The molecule has 0 saturated heterocycles. The van der Waals surface area contributed by atoms with Gasteiger partial charge in [-0.2, -0.15) is 0 Å². The van der Waals surface area contributed by atoms with Crippen LogP contribution in [0.2, 0.25) is 0 Å². The van der Waals surface area contributed by atoms with Gasteiger partial charge in [-0.1, -0.05) is 38.1 Å². The molecular weight excluding hydrogens is 240 g/mol. The molecule has 0 unspecified atom stereocenters. The normalized spacial score (nSPS) is 13.5. The SMILES string of the molecule is CC.COC(=O)Cc1ccccc1C1=CCCCO1. The predicted octanol–water partition coefficient (Wildman–Crippen LogP) is 3.58. The van der Waals surface area contributed by atoms with Gasteiger partial charge in [0.25, 0.3) is 0 Å². The Morgan fingerprint density at radius 2 is 2.05 bits per heavy atom. The average Bonchev–Trinajstić information content (AvgIpc) is 2.50. The largest absolute Gasteiger partial charge is 0.493 e. The molecule has 0 amide bonds. The van der Waals surface area contributed by atoms with Gasteiger partial charge in [0.15, 0.2) is 0 Å². The minimum Gasteiger partial charge on any atom is -0.493 e. The summed E-state index contributed by atoms with van der Waals surface area (Å²) in [5.41, 5.74) is 1.95. The number of carbonyl (C=O) groups is 1. The third-order valence-corrected chi connectivity index (χ3v) is 2.78. The van der Waals surface area contributed by atoms with Crippen molar-refractivity contribution in [2.75, 3.05) is 13.7 Å². The second kappa shape index (κ2) is 8.35. The van der Waals surface area contributed by atoms with E-state index >= 15 is 0 Å². The highest BCUT2D eigenvalue weighted by molar-refractivity contribution is 5.75. The highest BCUT2D eigenvalue weighted by atomic mass is 16.5.